The van der Waals surface area contributed by atoms with Crippen molar-refractivity contribution in [2.24, 2.45) is 0 Å². The minimum atomic E-state index is -0.535. The maximum atomic E-state index is 13.0. The van der Waals surface area contributed by atoms with Gasteiger partial charge in [-0.1, -0.05) is 42.0 Å². The molecule has 31 heavy (non-hydrogen) atoms. The Bertz CT molecular complexity index is 1020. The molecule has 1 amide bonds. The van der Waals surface area contributed by atoms with Crippen molar-refractivity contribution in [3.05, 3.63) is 84.4 Å². The van der Waals surface area contributed by atoms with E-state index in [1.54, 1.807) is 0 Å². The lowest BCUT2D eigenvalue weighted by Crippen LogP contribution is -2.65. The summed E-state index contributed by atoms with van der Waals surface area (Å²) in [6.45, 7) is 6.18. The van der Waals surface area contributed by atoms with E-state index in [0.717, 1.165) is 30.2 Å². The number of hydrogen-bond donors (Lipinski definition) is 1. The summed E-state index contributed by atoms with van der Waals surface area (Å²) in [5.74, 6) is 2.29. The molecule has 0 aromatic heterocycles. The van der Waals surface area contributed by atoms with Crippen LogP contribution >= 0.6 is 0 Å². The van der Waals surface area contributed by atoms with Crippen LogP contribution in [0.2, 0.25) is 0 Å². The zero-order chi connectivity index (χ0) is 21.7. The second kappa shape index (κ2) is 9.23. The van der Waals surface area contributed by atoms with Crippen LogP contribution in [0.15, 0.2) is 78.9 Å². The van der Waals surface area contributed by atoms with Crippen molar-refractivity contribution in [3.63, 3.8) is 0 Å². The van der Waals surface area contributed by atoms with Crippen LogP contribution in [0.25, 0.3) is 0 Å². The number of aryl methyl sites for hydroxylation is 1. The first-order valence-electron chi connectivity index (χ1n) is 10.6. The number of anilines is 1. The molecule has 1 fully saturated rings. The standard InChI is InChI=1S/C26H28N2O3/c1-20-11-13-22(14-12-20)30-18-17-28-16-15-26(28,2)25(29)27-21-7-6-10-24(19-21)31-23-8-4-3-5-9-23/h3-14,19H,15-18H2,1-2H3,(H,27,29). The Morgan fingerprint density at radius 2 is 1.71 bits per heavy atom. The molecular formula is C26H28N2O3. The van der Waals surface area contributed by atoms with Crippen molar-refractivity contribution in [3.8, 4) is 17.2 Å². The fourth-order valence-electron chi connectivity index (χ4n) is 3.66. The number of amides is 1. The molecule has 0 aliphatic carbocycles. The lowest BCUT2D eigenvalue weighted by atomic mass is 9.85. The second-order valence-corrected chi connectivity index (χ2v) is 8.07. The van der Waals surface area contributed by atoms with E-state index in [4.69, 9.17) is 9.47 Å². The Labute approximate surface area is 183 Å². The number of hydrogen-bond acceptors (Lipinski definition) is 4. The van der Waals surface area contributed by atoms with Gasteiger partial charge < -0.3 is 14.8 Å². The van der Waals surface area contributed by atoms with Crippen LogP contribution < -0.4 is 14.8 Å². The fraction of sp³-hybridized carbons (Fsp3) is 0.269. The number of nitrogens with zero attached hydrogens (tertiary/aromatic N) is 1. The Hall–Kier alpha value is -3.31. The molecular weight excluding hydrogens is 388 g/mol. The van der Waals surface area contributed by atoms with Gasteiger partial charge in [-0.2, -0.15) is 0 Å². The highest BCUT2D eigenvalue weighted by Crippen LogP contribution is 2.32. The van der Waals surface area contributed by atoms with Crippen LogP contribution in [-0.2, 0) is 4.79 Å². The molecule has 1 saturated heterocycles. The highest BCUT2D eigenvalue weighted by atomic mass is 16.5. The third-order valence-electron chi connectivity index (χ3n) is 5.78. The van der Waals surface area contributed by atoms with Crippen LogP contribution in [0.3, 0.4) is 0 Å². The normalized spacial score (nSPS) is 18.1. The van der Waals surface area contributed by atoms with E-state index >= 15 is 0 Å². The third-order valence-corrected chi connectivity index (χ3v) is 5.78. The Balaban J connectivity index is 1.32. The molecule has 160 valence electrons. The monoisotopic (exact) mass is 416 g/mol. The van der Waals surface area contributed by atoms with Crippen LogP contribution in [0.1, 0.15) is 18.9 Å². The minimum Gasteiger partial charge on any atom is -0.492 e. The first-order chi connectivity index (χ1) is 15.0. The molecule has 0 radical (unpaired) electrons. The maximum absolute atomic E-state index is 13.0. The average Bonchev–Trinajstić information content (AvgIpc) is 2.77. The van der Waals surface area contributed by atoms with E-state index in [2.05, 4.69) is 17.1 Å². The van der Waals surface area contributed by atoms with Gasteiger partial charge in [-0.05, 0) is 56.7 Å². The molecule has 5 heteroatoms. The van der Waals surface area contributed by atoms with Gasteiger partial charge in [0, 0.05) is 24.8 Å². The first-order valence-corrected chi connectivity index (χ1v) is 10.6. The van der Waals surface area contributed by atoms with Gasteiger partial charge in [0.25, 0.3) is 0 Å². The number of ether oxygens (including phenoxy) is 2. The molecule has 1 N–H and O–H groups in total. The summed E-state index contributed by atoms with van der Waals surface area (Å²) in [5, 5.41) is 3.05. The van der Waals surface area contributed by atoms with Crippen LogP contribution in [0.5, 0.6) is 17.2 Å². The van der Waals surface area contributed by atoms with Gasteiger partial charge in [-0.15, -0.1) is 0 Å². The fourth-order valence-corrected chi connectivity index (χ4v) is 3.66. The molecule has 1 atom stereocenters. The van der Waals surface area contributed by atoms with Crippen molar-refractivity contribution < 1.29 is 14.3 Å². The van der Waals surface area contributed by atoms with E-state index < -0.39 is 5.54 Å². The molecule has 0 saturated carbocycles. The van der Waals surface area contributed by atoms with Crippen LogP contribution in [0.4, 0.5) is 5.69 Å². The Morgan fingerprint density at radius 3 is 2.42 bits per heavy atom. The summed E-state index contributed by atoms with van der Waals surface area (Å²) in [6.07, 6.45) is 0.823. The minimum absolute atomic E-state index is 0.00838. The number of carbonyl (C=O) groups excluding carboxylic acids is 1. The summed E-state index contributed by atoms with van der Waals surface area (Å²) in [5.41, 5.74) is 1.40. The van der Waals surface area contributed by atoms with Crippen LogP contribution in [0, 0.1) is 6.92 Å². The highest BCUT2D eigenvalue weighted by Gasteiger charge is 2.46. The second-order valence-electron chi connectivity index (χ2n) is 8.07. The van der Waals surface area contributed by atoms with Gasteiger partial charge >= 0.3 is 0 Å². The van der Waals surface area contributed by atoms with Gasteiger partial charge in [0.2, 0.25) is 5.91 Å². The lowest BCUT2D eigenvalue weighted by Gasteiger charge is -2.49. The van der Waals surface area contributed by atoms with Crippen molar-refractivity contribution in [1.29, 1.82) is 0 Å². The Kier molecular flexibility index (Phi) is 6.23. The topological polar surface area (TPSA) is 50.8 Å². The predicted molar refractivity (Wildman–Crippen MR) is 123 cm³/mol. The van der Waals surface area contributed by atoms with E-state index in [0.29, 0.717) is 18.9 Å². The van der Waals surface area contributed by atoms with E-state index in [9.17, 15) is 4.79 Å². The molecule has 1 unspecified atom stereocenters. The third kappa shape index (κ3) is 5.06. The summed E-state index contributed by atoms with van der Waals surface area (Å²) < 4.78 is 11.7. The van der Waals surface area contributed by atoms with Gasteiger partial charge in [0.05, 0.1) is 5.54 Å². The largest absolute Gasteiger partial charge is 0.492 e. The van der Waals surface area contributed by atoms with E-state index in [-0.39, 0.29) is 5.91 Å². The molecule has 3 aromatic carbocycles. The average molecular weight is 417 g/mol. The quantitative estimate of drug-likeness (QED) is 0.544. The smallest absolute Gasteiger partial charge is 0.244 e. The molecule has 1 aliphatic rings. The summed E-state index contributed by atoms with van der Waals surface area (Å²) >= 11 is 0. The zero-order valence-electron chi connectivity index (χ0n) is 18.0. The number of para-hydroxylation sites is 1. The van der Waals surface area contributed by atoms with E-state index in [1.807, 2.05) is 85.8 Å². The number of nitrogens with one attached hydrogen (secondary N) is 1. The van der Waals surface area contributed by atoms with Gasteiger partial charge in [0.1, 0.15) is 23.9 Å². The van der Waals surface area contributed by atoms with Crippen molar-refractivity contribution in [2.45, 2.75) is 25.8 Å². The van der Waals surface area contributed by atoms with Crippen molar-refractivity contribution in [2.75, 3.05) is 25.0 Å². The highest BCUT2D eigenvalue weighted by molar-refractivity contribution is 5.98. The number of carbonyl (C=O) groups is 1. The van der Waals surface area contributed by atoms with Gasteiger partial charge in [-0.3, -0.25) is 9.69 Å². The van der Waals surface area contributed by atoms with E-state index in [1.165, 1.54) is 5.56 Å². The van der Waals surface area contributed by atoms with Crippen molar-refractivity contribution >= 4 is 11.6 Å². The summed E-state index contributed by atoms with van der Waals surface area (Å²) in [4.78, 5) is 15.2. The Morgan fingerprint density at radius 1 is 0.968 bits per heavy atom. The van der Waals surface area contributed by atoms with Crippen LogP contribution in [-0.4, -0.2) is 36.0 Å². The maximum Gasteiger partial charge on any atom is 0.244 e. The van der Waals surface area contributed by atoms with Gasteiger partial charge in [-0.25, -0.2) is 0 Å². The molecule has 1 heterocycles. The lowest BCUT2D eigenvalue weighted by molar-refractivity contribution is -0.135. The van der Waals surface area contributed by atoms with Crippen molar-refractivity contribution in [1.82, 2.24) is 4.90 Å². The number of benzene rings is 3. The molecule has 0 spiro atoms. The predicted octanol–water partition coefficient (Wildman–Crippen LogP) is 5.27. The molecule has 0 bridgehead atoms. The number of likely N-dealkylation sites (tertiary alicyclic amines) is 1. The SMILES string of the molecule is Cc1ccc(OCCN2CCC2(C)C(=O)Nc2cccc(Oc3ccccc3)c2)cc1. The van der Waals surface area contributed by atoms with Gasteiger partial charge in [0.15, 0.2) is 0 Å². The summed E-state index contributed by atoms with van der Waals surface area (Å²) in [7, 11) is 0. The molecule has 1 aliphatic heterocycles. The molecule has 4 rings (SSSR count). The first kappa shape index (κ1) is 20.9. The molecule has 3 aromatic rings. The summed E-state index contributed by atoms with van der Waals surface area (Å²) in [6, 6.07) is 25.1. The number of rotatable bonds is 8. The molecule has 5 nitrogen and oxygen atoms in total. The zero-order valence-corrected chi connectivity index (χ0v) is 18.0.